The van der Waals surface area contributed by atoms with Crippen molar-refractivity contribution in [1.82, 2.24) is 4.98 Å². The summed E-state index contributed by atoms with van der Waals surface area (Å²) in [4.78, 5) is 3.27. The monoisotopic (exact) mass is 338 g/mol. The lowest BCUT2D eigenvalue weighted by molar-refractivity contribution is 0.0413. The van der Waals surface area contributed by atoms with Crippen molar-refractivity contribution in [2.75, 3.05) is 38.8 Å². The van der Waals surface area contributed by atoms with Crippen molar-refractivity contribution >= 4 is 23.5 Å². The highest BCUT2D eigenvalue weighted by atomic mass is 32.1. The van der Waals surface area contributed by atoms with E-state index in [0.29, 0.717) is 33.0 Å². The molecule has 2 rings (SSSR count). The molecular formula is C17H26N2O3S. The van der Waals surface area contributed by atoms with Crippen LogP contribution in [-0.2, 0) is 15.9 Å². The molecular weight excluding hydrogens is 312 g/mol. The second-order valence-electron chi connectivity index (χ2n) is 5.50. The van der Waals surface area contributed by atoms with Crippen molar-refractivity contribution in [2.24, 2.45) is 5.73 Å². The number of hydrogen-bond acceptors (Lipinski definition) is 5. The van der Waals surface area contributed by atoms with Crippen LogP contribution >= 0.6 is 12.6 Å². The van der Waals surface area contributed by atoms with E-state index in [1.54, 1.807) is 0 Å². The van der Waals surface area contributed by atoms with Crippen LogP contribution in [0.4, 0.5) is 0 Å². The second kappa shape index (κ2) is 9.82. The number of fused-ring (bicyclic) bond motifs is 1. The summed E-state index contributed by atoms with van der Waals surface area (Å²) in [7, 11) is 0. The van der Waals surface area contributed by atoms with Gasteiger partial charge in [-0.2, -0.15) is 12.6 Å². The SMILES string of the molecule is CC(N)Cc1c[nH]c2ccc(OCCOCCOCCS)cc12. The minimum atomic E-state index is 0.136. The fourth-order valence-electron chi connectivity index (χ4n) is 2.37. The third-order valence-electron chi connectivity index (χ3n) is 3.38. The number of rotatable bonds is 11. The molecule has 1 aromatic heterocycles. The zero-order valence-electron chi connectivity index (χ0n) is 13.6. The number of aromatic amines is 1. The number of nitrogens with one attached hydrogen (secondary N) is 1. The number of hydrogen-bond donors (Lipinski definition) is 3. The van der Waals surface area contributed by atoms with Crippen molar-refractivity contribution < 1.29 is 14.2 Å². The minimum Gasteiger partial charge on any atom is -0.491 e. The quantitative estimate of drug-likeness (QED) is 0.435. The standard InChI is InChI=1S/C17H26N2O3S/c1-13(18)10-14-12-19-17-3-2-15(11-16(14)17)22-7-6-20-4-5-21-8-9-23/h2-3,11-13,19,23H,4-10,18H2,1H3. The molecule has 1 atom stereocenters. The van der Waals surface area contributed by atoms with Crippen molar-refractivity contribution in [2.45, 2.75) is 19.4 Å². The van der Waals surface area contributed by atoms with Gasteiger partial charge in [-0.15, -0.1) is 0 Å². The van der Waals surface area contributed by atoms with Gasteiger partial charge in [0.1, 0.15) is 12.4 Å². The molecule has 23 heavy (non-hydrogen) atoms. The molecule has 3 N–H and O–H groups in total. The lowest BCUT2D eigenvalue weighted by Crippen LogP contribution is -2.17. The lowest BCUT2D eigenvalue weighted by Gasteiger charge is -2.08. The number of nitrogens with two attached hydrogens (primary N) is 1. The van der Waals surface area contributed by atoms with Gasteiger partial charge in [-0.3, -0.25) is 0 Å². The summed E-state index contributed by atoms with van der Waals surface area (Å²) in [5.41, 5.74) is 8.22. The van der Waals surface area contributed by atoms with Gasteiger partial charge in [0.2, 0.25) is 0 Å². The van der Waals surface area contributed by atoms with Crippen LogP contribution < -0.4 is 10.5 Å². The van der Waals surface area contributed by atoms with Crippen LogP contribution in [0.2, 0.25) is 0 Å². The Bertz CT molecular complexity index is 586. The minimum absolute atomic E-state index is 0.136. The van der Waals surface area contributed by atoms with E-state index in [0.717, 1.165) is 23.4 Å². The summed E-state index contributed by atoms with van der Waals surface area (Å²) in [5, 5.41) is 1.17. The van der Waals surface area contributed by atoms with Crippen LogP contribution in [0, 0.1) is 0 Å². The first-order chi connectivity index (χ1) is 11.2. The van der Waals surface area contributed by atoms with Gasteiger partial charge in [-0.1, -0.05) is 0 Å². The second-order valence-corrected chi connectivity index (χ2v) is 5.95. The molecule has 0 aliphatic rings. The summed E-state index contributed by atoms with van der Waals surface area (Å²) >= 11 is 4.07. The third-order valence-corrected chi connectivity index (χ3v) is 3.57. The number of aromatic nitrogens is 1. The van der Waals surface area contributed by atoms with Crippen LogP contribution in [0.1, 0.15) is 12.5 Å². The van der Waals surface area contributed by atoms with Crippen LogP contribution in [0.15, 0.2) is 24.4 Å². The number of ether oxygens (including phenoxy) is 3. The maximum Gasteiger partial charge on any atom is 0.120 e. The van der Waals surface area contributed by atoms with Gasteiger partial charge in [-0.25, -0.2) is 0 Å². The fourth-order valence-corrected chi connectivity index (χ4v) is 2.50. The van der Waals surface area contributed by atoms with E-state index >= 15 is 0 Å². The van der Waals surface area contributed by atoms with Gasteiger partial charge in [0, 0.05) is 28.9 Å². The Kier molecular flexibility index (Phi) is 7.74. The molecule has 0 aliphatic carbocycles. The van der Waals surface area contributed by atoms with Crippen LogP contribution in [0.5, 0.6) is 5.75 Å². The van der Waals surface area contributed by atoms with Crippen LogP contribution in [-0.4, -0.2) is 49.8 Å². The first-order valence-electron chi connectivity index (χ1n) is 7.95. The van der Waals surface area contributed by atoms with Crippen molar-refractivity contribution in [3.63, 3.8) is 0 Å². The van der Waals surface area contributed by atoms with Gasteiger partial charge in [-0.05, 0) is 37.1 Å². The van der Waals surface area contributed by atoms with E-state index in [1.807, 2.05) is 25.3 Å². The first kappa shape index (κ1) is 18.1. The molecule has 0 fully saturated rings. The van der Waals surface area contributed by atoms with E-state index in [-0.39, 0.29) is 6.04 Å². The molecule has 0 amide bonds. The number of benzene rings is 1. The van der Waals surface area contributed by atoms with Crippen molar-refractivity contribution in [1.29, 1.82) is 0 Å². The molecule has 1 unspecified atom stereocenters. The van der Waals surface area contributed by atoms with Crippen molar-refractivity contribution in [3.05, 3.63) is 30.0 Å². The van der Waals surface area contributed by atoms with E-state index in [4.69, 9.17) is 19.9 Å². The number of thiol groups is 1. The normalized spacial score (nSPS) is 12.7. The van der Waals surface area contributed by atoms with E-state index < -0.39 is 0 Å². The fraction of sp³-hybridized carbons (Fsp3) is 0.529. The van der Waals surface area contributed by atoms with E-state index in [1.165, 1.54) is 10.9 Å². The maximum absolute atomic E-state index is 5.89. The molecule has 0 spiro atoms. The summed E-state index contributed by atoms with van der Waals surface area (Å²) in [6.45, 7) is 4.90. The van der Waals surface area contributed by atoms with Crippen LogP contribution in [0.25, 0.3) is 10.9 Å². The molecule has 1 aromatic carbocycles. The molecule has 0 aliphatic heterocycles. The summed E-state index contributed by atoms with van der Waals surface area (Å²) < 4.78 is 16.5. The number of H-pyrrole nitrogens is 1. The highest BCUT2D eigenvalue weighted by Crippen LogP contribution is 2.24. The Hall–Kier alpha value is -1.21. The topological polar surface area (TPSA) is 69.5 Å². The molecule has 5 nitrogen and oxygen atoms in total. The van der Waals surface area contributed by atoms with E-state index in [9.17, 15) is 0 Å². The Morgan fingerprint density at radius 3 is 2.61 bits per heavy atom. The highest BCUT2D eigenvalue weighted by Gasteiger charge is 2.07. The molecule has 128 valence electrons. The van der Waals surface area contributed by atoms with Gasteiger partial charge in [0.05, 0.1) is 26.4 Å². The summed E-state index contributed by atoms with van der Waals surface area (Å²) in [6.07, 6.45) is 2.87. The predicted octanol–water partition coefficient (Wildman–Crippen LogP) is 2.40. The zero-order chi connectivity index (χ0) is 16.5. The van der Waals surface area contributed by atoms with Gasteiger partial charge >= 0.3 is 0 Å². The highest BCUT2D eigenvalue weighted by molar-refractivity contribution is 7.80. The third kappa shape index (κ3) is 6.06. The summed E-state index contributed by atoms with van der Waals surface area (Å²) in [6, 6.07) is 6.18. The molecule has 1 heterocycles. The zero-order valence-corrected chi connectivity index (χ0v) is 14.5. The Morgan fingerprint density at radius 1 is 1.13 bits per heavy atom. The first-order valence-corrected chi connectivity index (χ1v) is 8.58. The van der Waals surface area contributed by atoms with Crippen LogP contribution in [0.3, 0.4) is 0 Å². The molecule has 0 saturated carbocycles. The molecule has 0 radical (unpaired) electrons. The van der Waals surface area contributed by atoms with Gasteiger partial charge in [0.15, 0.2) is 0 Å². The molecule has 2 aromatic rings. The van der Waals surface area contributed by atoms with E-state index in [2.05, 4.69) is 23.7 Å². The predicted molar refractivity (Wildman–Crippen MR) is 96.6 cm³/mol. The summed E-state index contributed by atoms with van der Waals surface area (Å²) in [5.74, 6) is 1.58. The maximum atomic E-state index is 5.89. The Labute approximate surface area is 142 Å². The van der Waals surface area contributed by atoms with Gasteiger partial charge in [0.25, 0.3) is 0 Å². The molecule has 6 heteroatoms. The average molecular weight is 338 g/mol. The Balaban J connectivity index is 1.77. The lowest BCUT2D eigenvalue weighted by atomic mass is 10.1. The smallest absolute Gasteiger partial charge is 0.120 e. The molecule has 0 bridgehead atoms. The van der Waals surface area contributed by atoms with Crippen molar-refractivity contribution in [3.8, 4) is 5.75 Å². The Morgan fingerprint density at radius 2 is 1.87 bits per heavy atom. The van der Waals surface area contributed by atoms with Gasteiger partial charge < -0.3 is 24.9 Å². The largest absolute Gasteiger partial charge is 0.491 e. The molecule has 0 saturated heterocycles. The average Bonchev–Trinajstić information content (AvgIpc) is 2.92.